The fourth-order valence-electron chi connectivity index (χ4n) is 1.05. The first kappa shape index (κ1) is 11.7. The molecule has 0 heterocycles. The lowest BCUT2D eigenvalue weighted by atomic mass is 10.2. The Bertz CT molecular complexity index is 310. The summed E-state index contributed by atoms with van der Waals surface area (Å²) in [4.78, 5) is 12.9. The van der Waals surface area contributed by atoms with E-state index in [1.165, 1.54) is 0 Å². The molecule has 76 valence electrons. The van der Waals surface area contributed by atoms with E-state index < -0.39 is 0 Å². The highest BCUT2D eigenvalue weighted by molar-refractivity contribution is 9.10. The Morgan fingerprint density at radius 3 is 2.43 bits per heavy atom. The molecule has 0 radical (unpaired) electrons. The average Bonchev–Trinajstić information content (AvgIpc) is 2.20. The summed E-state index contributed by atoms with van der Waals surface area (Å²) < 4.78 is 1.05. The Balaban J connectivity index is 2.60. The minimum absolute atomic E-state index is 0.0907. The predicted octanol–water partition coefficient (Wildman–Crippen LogP) is 2.80. The van der Waals surface area contributed by atoms with Crippen LogP contribution in [0, 0.1) is 0 Å². The van der Waals surface area contributed by atoms with Gasteiger partial charge in [-0.1, -0.05) is 44.0 Å². The second-order valence-electron chi connectivity index (χ2n) is 3.01. The SMILES string of the molecule is CN(Cc1ccc(Br)cc1)C(=O)CBr. The maximum atomic E-state index is 11.3. The van der Waals surface area contributed by atoms with Crippen LogP contribution in [0.2, 0.25) is 0 Å². The molecular formula is C10H11Br2NO. The number of halogens is 2. The maximum Gasteiger partial charge on any atom is 0.233 e. The van der Waals surface area contributed by atoms with Gasteiger partial charge in [0.2, 0.25) is 5.91 Å². The monoisotopic (exact) mass is 319 g/mol. The summed E-state index contributed by atoms with van der Waals surface area (Å²) in [5, 5.41) is 0.375. The van der Waals surface area contributed by atoms with Gasteiger partial charge in [0.05, 0.1) is 5.33 Å². The molecule has 0 spiro atoms. The van der Waals surface area contributed by atoms with Crippen molar-refractivity contribution in [1.29, 1.82) is 0 Å². The molecule has 4 heteroatoms. The average molecular weight is 321 g/mol. The number of alkyl halides is 1. The molecular weight excluding hydrogens is 310 g/mol. The van der Waals surface area contributed by atoms with Crippen LogP contribution in [0.15, 0.2) is 28.7 Å². The Labute approximate surface area is 101 Å². The first-order valence-corrected chi connectivity index (χ1v) is 6.09. The zero-order chi connectivity index (χ0) is 10.6. The summed E-state index contributed by atoms with van der Waals surface area (Å²) in [6.45, 7) is 0.651. The normalized spacial score (nSPS) is 9.93. The summed E-state index contributed by atoms with van der Waals surface area (Å²) in [5.74, 6) is 0.0907. The second-order valence-corrected chi connectivity index (χ2v) is 4.49. The minimum atomic E-state index is 0.0907. The number of hydrogen-bond acceptors (Lipinski definition) is 1. The quantitative estimate of drug-likeness (QED) is 0.784. The number of hydrogen-bond donors (Lipinski definition) is 0. The van der Waals surface area contributed by atoms with Crippen LogP contribution in [0.4, 0.5) is 0 Å². The Kier molecular flexibility index (Phi) is 4.62. The Morgan fingerprint density at radius 1 is 1.36 bits per heavy atom. The van der Waals surface area contributed by atoms with Crippen molar-refractivity contribution >= 4 is 37.8 Å². The van der Waals surface area contributed by atoms with Crippen LogP contribution in [-0.2, 0) is 11.3 Å². The third-order valence-electron chi connectivity index (χ3n) is 1.87. The van der Waals surface area contributed by atoms with Crippen molar-refractivity contribution in [3.8, 4) is 0 Å². The number of carbonyl (C=O) groups excluding carboxylic acids is 1. The maximum absolute atomic E-state index is 11.3. The van der Waals surface area contributed by atoms with Crippen LogP contribution in [0.5, 0.6) is 0 Å². The highest BCUT2D eigenvalue weighted by Crippen LogP contribution is 2.11. The van der Waals surface area contributed by atoms with Gasteiger partial charge in [-0.05, 0) is 17.7 Å². The van der Waals surface area contributed by atoms with E-state index in [-0.39, 0.29) is 5.91 Å². The molecule has 14 heavy (non-hydrogen) atoms. The van der Waals surface area contributed by atoms with Crippen LogP contribution in [0.1, 0.15) is 5.56 Å². The number of benzene rings is 1. The minimum Gasteiger partial charge on any atom is -0.341 e. The molecule has 0 saturated carbocycles. The van der Waals surface area contributed by atoms with Gasteiger partial charge in [0, 0.05) is 18.1 Å². The molecule has 1 rings (SSSR count). The molecule has 0 aliphatic rings. The van der Waals surface area contributed by atoms with Crippen LogP contribution in [0.25, 0.3) is 0 Å². The number of carbonyl (C=O) groups is 1. The zero-order valence-electron chi connectivity index (χ0n) is 7.84. The van der Waals surface area contributed by atoms with Crippen LogP contribution < -0.4 is 0 Å². The second kappa shape index (κ2) is 5.51. The third-order valence-corrected chi connectivity index (χ3v) is 2.88. The molecule has 0 saturated heterocycles. The van der Waals surface area contributed by atoms with Gasteiger partial charge < -0.3 is 4.90 Å². The first-order chi connectivity index (χ1) is 6.63. The molecule has 0 aromatic heterocycles. The molecule has 2 nitrogen and oxygen atoms in total. The smallest absolute Gasteiger partial charge is 0.233 e. The van der Waals surface area contributed by atoms with E-state index in [2.05, 4.69) is 31.9 Å². The van der Waals surface area contributed by atoms with Crippen molar-refractivity contribution in [2.45, 2.75) is 6.54 Å². The van der Waals surface area contributed by atoms with Gasteiger partial charge in [-0.2, -0.15) is 0 Å². The van der Waals surface area contributed by atoms with E-state index in [0.29, 0.717) is 11.9 Å². The highest BCUT2D eigenvalue weighted by Gasteiger charge is 2.06. The van der Waals surface area contributed by atoms with Gasteiger partial charge in [0.1, 0.15) is 0 Å². The van der Waals surface area contributed by atoms with Gasteiger partial charge >= 0.3 is 0 Å². The van der Waals surface area contributed by atoms with Gasteiger partial charge in [-0.3, -0.25) is 4.79 Å². The molecule has 1 aromatic carbocycles. The molecule has 1 amide bonds. The molecule has 0 aliphatic heterocycles. The van der Waals surface area contributed by atoms with E-state index in [0.717, 1.165) is 10.0 Å². The topological polar surface area (TPSA) is 20.3 Å². The fraction of sp³-hybridized carbons (Fsp3) is 0.300. The first-order valence-electron chi connectivity index (χ1n) is 4.18. The highest BCUT2D eigenvalue weighted by atomic mass is 79.9. The van der Waals surface area contributed by atoms with Crippen molar-refractivity contribution in [3.05, 3.63) is 34.3 Å². The molecule has 0 aliphatic carbocycles. The summed E-state index contributed by atoms with van der Waals surface area (Å²) in [7, 11) is 1.80. The lowest BCUT2D eigenvalue weighted by molar-refractivity contribution is -0.127. The predicted molar refractivity (Wildman–Crippen MR) is 64.4 cm³/mol. The van der Waals surface area contributed by atoms with Crippen LogP contribution in [-0.4, -0.2) is 23.2 Å². The van der Waals surface area contributed by atoms with E-state index in [1.807, 2.05) is 24.3 Å². The summed E-state index contributed by atoms with van der Waals surface area (Å²) in [6, 6.07) is 7.95. The van der Waals surface area contributed by atoms with Gasteiger partial charge in [-0.15, -0.1) is 0 Å². The fourth-order valence-corrected chi connectivity index (χ4v) is 1.75. The number of amides is 1. The Hall–Kier alpha value is -0.350. The molecule has 0 atom stereocenters. The molecule has 0 unspecified atom stereocenters. The summed E-state index contributed by atoms with van der Waals surface area (Å²) in [6.07, 6.45) is 0. The molecule has 0 bridgehead atoms. The zero-order valence-corrected chi connectivity index (χ0v) is 11.0. The van der Waals surface area contributed by atoms with Crippen molar-refractivity contribution in [3.63, 3.8) is 0 Å². The van der Waals surface area contributed by atoms with Crippen molar-refractivity contribution in [1.82, 2.24) is 4.90 Å². The van der Waals surface area contributed by atoms with Gasteiger partial charge in [0.15, 0.2) is 0 Å². The number of rotatable bonds is 3. The molecule has 1 aromatic rings. The lowest BCUT2D eigenvalue weighted by Crippen LogP contribution is -2.26. The number of nitrogens with zero attached hydrogens (tertiary/aromatic N) is 1. The van der Waals surface area contributed by atoms with E-state index in [9.17, 15) is 4.79 Å². The van der Waals surface area contributed by atoms with E-state index in [4.69, 9.17) is 0 Å². The molecule has 0 N–H and O–H groups in total. The summed E-state index contributed by atoms with van der Waals surface area (Å²) >= 11 is 6.51. The van der Waals surface area contributed by atoms with E-state index >= 15 is 0 Å². The van der Waals surface area contributed by atoms with Crippen LogP contribution in [0.3, 0.4) is 0 Å². The van der Waals surface area contributed by atoms with Crippen molar-refractivity contribution < 1.29 is 4.79 Å². The van der Waals surface area contributed by atoms with E-state index in [1.54, 1.807) is 11.9 Å². The molecule has 0 fully saturated rings. The lowest BCUT2D eigenvalue weighted by Gasteiger charge is -2.15. The van der Waals surface area contributed by atoms with Crippen LogP contribution >= 0.6 is 31.9 Å². The standard InChI is InChI=1S/C10H11Br2NO/c1-13(10(14)6-11)7-8-2-4-9(12)5-3-8/h2-5H,6-7H2,1H3. The van der Waals surface area contributed by atoms with Crippen molar-refractivity contribution in [2.24, 2.45) is 0 Å². The Morgan fingerprint density at radius 2 is 1.93 bits per heavy atom. The summed E-state index contributed by atoms with van der Waals surface area (Å²) in [5.41, 5.74) is 1.13. The van der Waals surface area contributed by atoms with Gasteiger partial charge in [0.25, 0.3) is 0 Å². The van der Waals surface area contributed by atoms with Gasteiger partial charge in [-0.25, -0.2) is 0 Å². The third kappa shape index (κ3) is 3.42. The largest absolute Gasteiger partial charge is 0.341 e. The van der Waals surface area contributed by atoms with Crippen molar-refractivity contribution in [2.75, 3.05) is 12.4 Å².